The number of thioether (sulfide) groups is 1. The molecule has 0 saturated carbocycles. The molecule has 174 valence electrons. The Balaban J connectivity index is 1.43. The summed E-state index contributed by atoms with van der Waals surface area (Å²) in [6, 6.07) is 11.2. The maximum Gasteiger partial charge on any atom is 0.223 e. The van der Waals surface area contributed by atoms with Crippen molar-refractivity contribution in [3.8, 4) is 6.07 Å². The Morgan fingerprint density at radius 1 is 1.41 bits per heavy atom. The molecule has 2 aliphatic heterocycles. The normalized spacial score (nSPS) is 26.0. The Kier molecular flexibility index (Phi) is 5.90. The molecule has 1 fully saturated rings. The van der Waals surface area contributed by atoms with Crippen LogP contribution in [0, 0.1) is 17.2 Å². The highest BCUT2D eigenvalue weighted by Crippen LogP contribution is 2.52. The molecule has 1 unspecified atom stereocenters. The monoisotopic (exact) mass is 475 g/mol. The predicted octanol–water partition coefficient (Wildman–Crippen LogP) is 4.25. The first-order chi connectivity index (χ1) is 16.4. The average Bonchev–Trinajstić information content (AvgIpc) is 3.27. The van der Waals surface area contributed by atoms with Crippen molar-refractivity contribution in [1.29, 1.82) is 5.26 Å². The van der Waals surface area contributed by atoms with Gasteiger partial charge in [0.2, 0.25) is 5.91 Å². The molecule has 34 heavy (non-hydrogen) atoms. The summed E-state index contributed by atoms with van der Waals surface area (Å²) in [4.78, 5) is 24.0. The summed E-state index contributed by atoms with van der Waals surface area (Å²) in [6.45, 7) is 2.94. The fraction of sp³-hybridized carbons (Fsp3) is 0.385. The molecule has 3 aliphatic rings. The zero-order chi connectivity index (χ0) is 23.9. The standard InChI is InChI=1S/C26H26FN5OS/c1-16-3-2-8-32(16)24(33)11-20-15-34-25(29)31-26(20)12-19-6-4-17(9-21(19)26)10-22(27)23-7-5-18(13-28)14-30-23/h4-7,9-10,14,16,20H,2-3,8,11-12,15H2,1H3,(H2,29,31)/b22-10-/t16?,20-,26-/m0/s1. The predicted molar refractivity (Wildman–Crippen MR) is 132 cm³/mol. The van der Waals surface area contributed by atoms with E-state index < -0.39 is 11.4 Å². The summed E-state index contributed by atoms with van der Waals surface area (Å²) in [6.07, 6.45) is 6.09. The van der Waals surface area contributed by atoms with E-state index >= 15 is 0 Å². The van der Waals surface area contributed by atoms with Crippen LogP contribution in [0.1, 0.15) is 54.1 Å². The molecule has 1 aromatic carbocycles. The minimum Gasteiger partial charge on any atom is -0.379 e. The topological polar surface area (TPSA) is 95.4 Å². The van der Waals surface area contributed by atoms with Gasteiger partial charge in [0, 0.05) is 43.3 Å². The third-order valence-corrected chi connectivity index (χ3v) is 8.16. The van der Waals surface area contributed by atoms with Gasteiger partial charge in [-0.1, -0.05) is 23.9 Å². The first kappa shape index (κ1) is 22.6. The quantitative estimate of drug-likeness (QED) is 0.713. The number of hydrogen-bond acceptors (Lipinski definition) is 6. The maximum atomic E-state index is 14.9. The van der Waals surface area contributed by atoms with E-state index in [4.69, 9.17) is 16.0 Å². The second-order valence-corrected chi connectivity index (χ2v) is 10.3. The van der Waals surface area contributed by atoms with E-state index in [2.05, 4.69) is 11.9 Å². The van der Waals surface area contributed by atoms with Crippen LogP contribution in [-0.4, -0.2) is 39.3 Å². The van der Waals surface area contributed by atoms with Crippen LogP contribution in [0.25, 0.3) is 11.9 Å². The molecule has 1 spiro atoms. The van der Waals surface area contributed by atoms with Crippen molar-refractivity contribution < 1.29 is 9.18 Å². The molecule has 6 nitrogen and oxygen atoms in total. The van der Waals surface area contributed by atoms with Crippen LogP contribution in [0.5, 0.6) is 0 Å². The number of aromatic nitrogens is 1. The molecular formula is C26H26FN5OS. The number of hydrogen-bond donors (Lipinski definition) is 1. The number of aliphatic imine (C=N–C) groups is 1. The second kappa shape index (κ2) is 8.88. The second-order valence-electron chi connectivity index (χ2n) is 9.29. The summed E-state index contributed by atoms with van der Waals surface area (Å²) in [5, 5.41) is 9.45. The molecule has 5 rings (SSSR count). The van der Waals surface area contributed by atoms with Crippen molar-refractivity contribution in [3.05, 3.63) is 64.5 Å². The minimum absolute atomic E-state index is 0.0434. The fourth-order valence-electron chi connectivity index (χ4n) is 5.31. The third-order valence-electron chi connectivity index (χ3n) is 7.20. The Morgan fingerprint density at radius 2 is 2.26 bits per heavy atom. The lowest BCUT2D eigenvalue weighted by Gasteiger charge is -2.48. The average molecular weight is 476 g/mol. The zero-order valence-electron chi connectivity index (χ0n) is 19.0. The SMILES string of the molecule is CC1CCCN1C(=O)C[C@H]1CSC(N)=N[C@@]12Cc1ccc(/C=C(\F)c3ccc(C#N)cn3)cc12. The molecule has 0 bridgehead atoms. The van der Waals surface area contributed by atoms with E-state index in [1.165, 1.54) is 30.1 Å². The minimum atomic E-state index is -0.531. The number of fused-ring (bicyclic) bond motifs is 2. The van der Waals surface area contributed by atoms with Crippen molar-refractivity contribution in [1.82, 2.24) is 9.88 Å². The van der Waals surface area contributed by atoms with Gasteiger partial charge in [-0.15, -0.1) is 0 Å². The summed E-state index contributed by atoms with van der Waals surface area (Å²) in [5.74, 6) is 0.497. The molecule has 2 N–H and O–H groups in total. The highest BCUT2D eigenvalue weighted by Gasteiger charge is 2.51. The van der Waals surface area contributed by atoms with Gasteiger partial charge >= 0.3 is 0 Å². The van der Waals surface area contributed by atoms with Crippen LogP contribution < -0.4 is 5.73 Å². The van der Waals surface area contributed by atoms with E-state index in [9.17, 15) is 9.18 Å². The van der Waals surface area contributed by atoms with E-state index in [0.717, 1.165) is 42.7 Å². The number of halogens is 1. The molecule has 1 amide bonds. The molecule has 3 atom stereocenters. The number of nitrogens with two attached hydrogens (primary N) is 1. The van der Waals surface area contributed by atoms with Gasteiger partial charge in [0.25, 0.3) is 0 Å². The van der Waals surface area contributed by atoms with E-state index in [1.807, 2.05) is 29.2 Å². The van der Waals surface area contributed by atoms with Gasteiger partial charge in [-0.3, -0.25) is 14.8 Å². The Hall–Kier alpha value is -3.18. The number of carbonyl (C=O) groups excluding carboxylic acids is 1. The lowest BCUT2D eigenvalue weighted by molar-refractivity contribution is -0.133. The van der Waals surface area contributed by atoms with Crippen molar-refractivity contribution in [2.45, 2.75) is 44.2 Å². The summed E-state index contributed by atoms with van der Waals surface area (Å²) < 4.78 is 14.9. The first-order valence-electron chi connectivity index (χ1n) is 11.5. The van der Waals surface area contributed by atoms with E-state index in [-0.39, 0.29) is 23.6 Å². The van der Waals surface area contributed by atoms with Crippen LogP contribution >= 0.6 is 11.8 Å². The van der Waals surface area contributed by atoms with Crippen LogP contribution in [0.4, 0.5) is 4.39 Å². The third kappa shape index (κ3) is 3.98. The summed E-state index contributed by atoms with van der Waals surface area (Å²) in [7, 11) is 0. The molecular weight excluding hydrogens is 449 g/mol. The van der Waals surface area contributed by atoms with Crippen LogP contribution in [0.3, 0.4) is 0 Å². The van der Waals surface area contributed by atoms with Crippen molar-refractivity contribution in [3.63, 3.8) is 0 Å². The lowest BCUT2D eigenvalue weighted by atomic mass is 9.63. The van der Waals surface area contributed by atoms with E-state index in [0.29, 0.717) is 22.7 Å². The molecule has 3 heterocycles. The molecule has 1 saturated heterocycles. The number of amidine groups is 1. The fourth-order valence-corrected chi connectivity index (χ4v) is 6.30. The number of benzene rings is 1. The number of likely N-dealkylation sites (tertiary alicyclic amines) is 1. The summed E-state index contributed by atoms with van der Waals surface area (Å²) in [5.41, 5.74) is 9.06. The van der Waals surface area contributed by atoms with Gasteiger partial charge in [0.05, 0.1) is 16.8 Å². The zero-order valence-corrected chi connectivity index (χ0v) is 19.8. The summed E-state index contributed by atoms with van der Waals surface area (Å²) >= 11 is 1.51. The van der Waals surface area contributed by atoms with Gasteiger partial charge in [0.1, 0.15) is 11.9 Å². The van der Waals surface area contributed by atoms with Crippen LogP contribution in [0.2, 0.25) is 0 Å². The number of nitrogens with zero attached hydrogens (tertiary/aromatic N) is 4. The van der Waals surface area contributed by atoms with Crippen molar-refractivity contribution >= 4 is 34.7 Å². The largest absolute Gasteiger partial charge is 0.379 e. The molecule has 1 aromatic heterocycles. The molecule has 2 aromatic rings. The number of amides is 1. The van der Waals surface area contributed by atoms with Gasteiger partial charge in [-0.2, -0.15) is 5.26 Å². The molecule has 1 aliphatic carbocycles. The number of pyridine rings is 1. The highest BCUT2D eigenvalue weighted by atomic mass is 32.2. The smallest absolute Gasteiger partial charge is 0.223 e. The number of carbonyl (C=O) groups is 1. The van der Waals surface area contributed by atoms with Gasteiger partial charge in [-0.05, 0) is 60.7 Å². The highest BCUT2D eigenvalue weighted by molar-refractivity contribution is 8.13. The van der Waals surface area contributed by atoms with Crippen LogP contribution in [0.15, 0.2) is 41.5 Å². The number of rotatable bonds is 4. The lowest BCUT2D eigenvalue weighted by Crippen LogP contribution is -2.50. The van der Waals surface area contributed by atoms with E-state index in [1.54, 1.807) is 6.07 Å². The maximum absolute atomic E-state index is 14.9. The van der Waals surface area contributed by atoms with Gasteiger partial charge in [-0.25, -0.2) is 4.39 Å². The number of nitriles is 1. The molecule has 8 heteroatoms. The Labute approximate surface area is 202 Å². The van der Waals surface area contributed by atoms with Crippen LogP contribution in [-0.2, 0) is 16.8 Å². The van der Waals surface area contributed by atoms with Gasteiger partial charge < -0.3 is 10.6 Å². The molecule has 0 radical (unpaired) electrons. The Morgan fingerprint density at radius 3 is 2.97 bits per heavy atom. The first-order valence-corrected chi connectivity index (χ1v) is 12.5. The van der Waals surface area contributed by atoms with Gasteiger partial charge in [0.15, 0.2) is 5.17 Å². The van der Waals surface area contributed by atoms with Crippen molar-refractivity contribution in [2.24, 2.45) is 16.6 Å². The van der Waals surface area contributed by atoms with Crippen molar-refractivity contribution in [2.75, 3.05) is 12.3 Å². The Bertz CT molecular complexity index is 1230.